The molecule has 0 nitrogen and oxygen atoms in total. The highest BCUT2D eigenvalue weighted by Crippen LogP contribution is 2.01. The van der Waals surface area contributed by atoms with E-state index in [0.29, 0.717) is 0 Å². The predicted molar refractivity (Wildman–Crippen MR) is 32.6 cm³/mol. The Morgan fingerprint density at radius 1 is 1.83 bits per heavy atom. The van der Waals surface area contributed by atoms with Crippen LogP contribution < -0.4 is 0 Å². The maximum Gasteiger partial charge on any atom is 0.0138 e. The lowest BCUT2D eigenvalue weighted by molar-refractivity contribution is 1.70. The first-order valence-electron chi connectivity index (χ1n) is 1.92. The number of thioether (sulfide) groups is 1. The molecule has 0 saturated carbocycles. The third-order valence-corrected chi connectivity index (χ3v) is 1.14. The highest BCUT2D eigenvalue weighted by Gasteiger charge is 1.71. The number of rotatable bonds is 3. The molecule has 0 aliphatic carbocycles. The summed E-state index contributed by atoms with van der Waals surface area (Å²) in [6.45, 7) is 5.58. The van der Waals surface area contributed by atoms with Crippen molar-refractivity contribution in [2.24, 2.45) is 0 Å². The monoisotopic (exact) mass is 101 g/mol. The van der Waals surface area contributed by atoms with Crippen LogP contribution in [0.4, 0.5) is 0 Å². The molecule has 0 aliphatic heterocycles. The quantitative estimate of drug-likeness (QED) is 0.387. The first-order chi connectivity index (χ1) is 2.91. The van der Waals surface area contributed by atoms with E-state index in [0.717, 1.165) is 5.75 Å². The highest BCUT2D eigenvalue weighted by molar-refractivity contribution is 8.01. The normalized spacial score (nSPS) is 8.17. The van der Waals surface area contributed by atoms with Crippen LogP contribution in [0.1, 0.15) is 6.92 Å². The second-order valence-corrected chi connectivity index (χ2v) is 2.00. The fourth-order valence-electron chi connectivity index (χ4n) is 0.164. The molecule has 1 heteroatoms. The van der Waals surface area contributed by atoms with Crippen molar-refractivity contribution in [1.29, 1.82) is 0 Å². The van der Waals surface area contributed by atoms with Crippen LogP contribution >= 0.6 is 11.8 Å². The molecule has 0 N–H and O–H groups in total. The average molecular weight is 101 g/mol. The van der Waals surface area contributed by atoms with Crippen molar-refractivity contribution in [3.63, 3.8) is 0 Å². The average Bonchev–Trinajstić information content (AvgIpc) is 1.61. The summed E-state index contributed by atoms with van der Waals surface area (Å²) >= 11 is 1.77. The van der Waals surface area contributed by atoms with Crippen LogP contribution in [0.15, 0.2) is 12.7 Å². The second kappa shape index (κ2) is 5.09. The Morgan fingerprint density at radius 3 is 2.67 bits per heavy atom. The van der Waals surface area contributed by atoms with E-state index in [-0.39, 0.29) is 0 Å². The van der Waals surface area contributed by atoms with Crippen LogP contribution in [-0.2, 0) is 0 Å². The Bertz CT molecular complexity index is 32.9. The zero-order valence-electron chi connectivity index (χ0n) is 3.98. The van der Waals surface area contributed by atoms with Crippen LogP contribution in [0.25, 0.3) is 0 Å². The van der Waals surface area contributed by atoms with Crippen LogP contribution in [0.5, 0.6) is 0 Å². The summed E-state index contributed by atoms with van der Waals surface area (Å²) in [6, 6.07) is 0. The largest absolute Gasteiger partial charge is 0.154 e. The fraction of sp³-hybridized carbons (Fsp3) is 0.400. The Balaban J connectivity index is 2.49. The van der Waals surface area contributed by atoms with E-state index in [9.17, 15) is 0 Å². The maximum absolute atomic E-state index is 3.56. The molecule has 0 amide bonds. The summed E-state index contributed by atoms with van der Waals surface area (Å²) < 4.78 is 0. The maximum atomic E-state index is 3.56. The van der Waals surface area contributed by atoms with Gasteiger partial charge in [-0.25, -0.2) is 0 Å². The van der Waals surface area contributed by atoms with Crippen LogP contribution in [-0.4, -0.2) is 5.75 Å². The molecule has 0 heterocycles. The summed E-state index contributed by atoms with van der Waals surface area (Å²) in [7, 11) is 0. The minimum Gasteiger partial charge on any atom is -0.154 e. The van der Waals surface area contributed by atoms with Gasteiger partial charge in [0.1, 0.15) is 0 Å². The standard InChI is InChI=1S/C5H9S/c1-3-5-6-4-2/h3-4H,1,5H2,2H3. The van der Waals surface area contributed by atoms with Gasteiger partial charge in [-0.15, -0.1) is 6.58 Å². The first kappa shape index (κ1) is 6.09. The van der Waals surface area contributed by atoms with Gasteiger partial charge in [0.25, 0.3) is 0 Å². The van der Waals surface area contributed by atoms with Gasteiger partial charge in [0.15, 0.2) is 0 Å². The third kappa shape index (κ3) is 4.09. The third-order valence-electron chi connectivity index (χ3n) is 0.381. The molecule has 0 unspecified atom stereocenters. The Kier molecular flexibility index (Phi) is 5.17. The molecule has 0 spiro atoms. The summed E-state index contributed by atoms with van der Waals surface area (Å²) in [5.41, 5.74) is 0. The zero-order valence-corrected chi connectivity index (χ0v) is 4.79. The molecule has 0 aromatic rings. The van der Waals surface area contributed by atoms with Crippen molar-refractivity contribution in [3.8, 4) is 0 Å². The Hall–Kier alpha value is 0.0900. The Labute approximate surface area is 43.6 Å². The van der Waals surface area contributed by atoms with Crippen LogP contribution in [0, 0.1) is 5.75 Å². The van der Waals surface area contributed by atoms with Crippen LogP contribution in [0.2, 0.25) is 0 Å². The van der Waals surface area contributed by atoms with Gasteiger partial charge in [0, 0.05) is 11.5 Å². The van der Waals surface area contributed by atoms with E-state index in [1.807, 2.05) is 13.0 Å². The smallest absolute Gasteiger partial charge is 0.0138 e. The van der Waals surface area contributed by atoms with E-state index in [1.165, 1.54) is 0 Å². The predicted octanol–water partition coefficient (Wildman–Crippen LogP) is 2.09. The fourth-order valence-corrected chi connectivity index (χ4v) is 0.493. The SMILES string of the molecule is C=CCS[CH]C. The summed E-state index contributed by atoms with van der Waals surface area (Å²) in [5.74, 6) is 3.10. The van der Waals surface area contributed by atoms with Gasteiger partial charge < -0.3 is 0 Å². The second-order valence-electron chi connectivity index (χ2n) is 0.858. The molecule has 6 heavy (non-hydrogen) atoms. The van der Waals surface area contributed by atoms with Gasteiger partial charge in [-0.2, -0.15) is 11.8 Å². The van der Waals surface area contributed by atoms with E-state index < -0.39 is 0 Å². The zero-order chi connectivity index (χ0) is 4.83. The summed E-state index contributed by atoms with van der Waals surface area (Å²) in [4.78, 5) is 0. The van der Waals surface area contributed by atoms with Crippen molar-refractivity contribution < 1.29 is 0 Å². The molecular weight excluding hydrogens is 92.1 g/mol. The first-order valence-corrected chi connectivity index (χ1v) is 2.97. The van der Waals surface area contributed by atoms with Crippen molar-refractivity contribution >= 4 is 11.8 Å². The van der Waals surface area contributed by atoms with Crippen LogP contribution in [0.3, 0.4) is 0 Å². The summed E-state index contributed by atoms with van der Waals surface area (Å²) in [6.07, 6.45) is 1.89. The van der Waals surface area contributed by atoms with Crippen molar-refractivity contribution in [3.05, 3.63) is 18.4 Å². The van der Waals surface area contributed by atoms with E-state index in [2.05, 4.69) is 12.3 Å². The van der Waals surface area contributed by atoms with E-state index >= 15 is 0 Å². The van der Waals surface area contributed by atoms with Gasteiger partial charge in [-0.3, -0.25) is 0 Å². The molecule has 0 saturated heterocycles. The van der Waals surface area contributed by atoms with Gasteiger partial charge in [0.05, 0.1) is 0 Å². The molecule has 0 aromatic heterocycles. The minimum atomic E-state index is 1.04. The molecule has 35 valence electrons. The lowest BCUT2D eigenvalue weighted by Gasteiger charge is -1.82. The molecule has 0 rings (SSSR count). The Morgan fingerprint density at radius 2 is 2.50 bits per heavy atom. The van der Waals surface area contributed by atoms with Crippen molar-refractivity contribution in [2.75, 3.05) is 5.75 Å². The highest BCUT2D eigenvalue weighted by atomic mass is 32.2. The van der Waals surface area contributed by atoms with E-state index in [1.54, 1.807) is 11.8 Å². The van der Waals surface area contributed by atoms with Crippen molar-refractivity contribution in [1.82, 2.24) is 0 Å². The number of hydrogen-bond donors (Lipinski definition) is 0. The molecule has 0 atom stereocenters. The van der Waals surface area contributed by atoms with Gasteiger partial charge >= 0.3 is 0 Å². The lowest BCUT2D eigenvalue weighted by atomic mass is 10.8. The van der Waals surface area contributed by atoms with E-state index in [4.69, 9.17) is 0 Å². The molecule has 0 aromatic carbocycles. The molecule has 0 bridgehead atoms. The van der Waals surface area contributed by atoms with Crippen molar-refractivity contribution in [2.45, 2.75) is 6.92 Å². The molecule has 0 fully saturated rings. The van der Waals surface area contributed by atoms with Gasteiger partial charge in [-0.05, 0) is 0 Å². The van der Waals surface area contributed by atoms with Gasteiger partial charge in [0.2, 0.25) is 0 Å². The molecule has 1 radical (unpaired) electrons. The minimum absolute atomic E-state index is 1.04. The topological polar surface area (TPSA) is 0 Å². The molecule has 0 aliphatic rings. The van der Waals surface area contributed by atoms with Gasteiger partial charge in [-0.1, -0.05) is 13.0 Å². The molecular formula is C5H9S. The number of hydrogen-bond acceptors (Lipinski definition) is 1. The lowest BCUT2D eigenvalue weighted by Crippen LogP contribution is -1.61. The summed E-state index contributed by atoms with van der Waals surface area (Å²) in [5, 5.41) is 0.